The molecule has 140 valence electrons. The number of nitrogens with zero attached hydrogens (tertiary/aromatic N) is 2. The molecule has 8 heteroatoms. The number of hydrogen-bond donors (Lipinski definition) is 2. The third-order valence-corrected chi connectivity index (χ3v) is 4.25. The van der Waals surface area contributed by atoms with Crippen LogP contribution in [-0.4, -0.2) is 41.0 Å². The molecule has 1 saturated heterocycles. The highest BCUT2D eigenvalue weighted by Crippen LogP contribution is 2.13. The van der Waals surface area contributed by atoms with E-state index in [9.17, 15) is 4.79 Å². The Labute approximate surface area is 163 Å². The molecule has 1 fully saturated rings. The Bertz CT molecular complexity index is 454. The summed E-state index contributed by atoms with van der Waals surface area (Å²) in [6, 6.07) is 6.18. The van der Waals surface area contributed by atoms with E-state index in [1.807, 2.05) is 32.2 Å². The number of halogens is 3. The zero-order valence-electron chi connectivity index (χ0n) is 14.2. The summed E-state index contributed by atoms with van der Waals surface area (Å²) >= 11 is 0. The minimum atomic E-state index is -0.128. The number of hydrogen-bond acceptors (Lipinski definition) is 4. The first-order valence-electron chi connectivity index (χ1n) is 7.74. The maximum atomic E-state index is 12.0. The van der Waals surface area contributed by atoms with Crippen molar-refractivity contribution in [3.63, 3.8) is 0 Å². The molecule has 2 heterocycles. The van der Waals surface area contributed by atoms with E-state index in [-0.39, 0.29) is 61.1 Å². The van der Waals surface area contributed by atoms with Crippen LogP contribution < -0.4 is 11.1 Å². The fraction of sp³-hybridized carbons (Fsp3) is 0.625. The minimum absolute atomic E-state index is 0. The fourth-order valence-corrected chi connectivity index (χ4v) is 2.53. The summed E-state index contributed by atoms with van der Waals surface area (Å²) in [7, 11) is 0. The van der Waals surface area contributed by atoms with E-state index in [1.54, 1.807) is 0 Å². The topological polar surface area (TPSA) is 71.2 Å². The second-order valence-electron chi connectivity index (χ2n) is 6.03. The molecule has 2 unspecified atom stereocenters. The normalized spacial score (nSPS) is 17.5. The Hall–Kier alpha value is -0.590. The van der Waals surface area contributed by atoms with Gasteiger partial charge in [-0.2, -0.15) is 0 Å². The number of aromatic nitrogens is 1. The van der Waals surface area contributed by atoms with Gasteiger partial charge in [-0.3, -0.25) is 14.7 Å². The molecule has 1 aliphatic rings. The lowest BCUT2D eigenvalue weighted by Crippen LogP contribution is -2.48. The summed E-state index contributed by atoms with van der Waals surface area (Å²) in [4.78, 5) is 18.8. The smallest absolute Gasteiger partial charge is 0.224 e. The van der Waals surface area contributed by atoms with Gasteiger partial charge in [0.25, 0.3) is 0 Å². The van der Waals surface area contributed by atoms with Crippen molar-refractivity contribution in [3.8, 4) is 0 Å². The molecule has 0 aliphatic carbocycles. The number of carbonyl (C=O) groups excluding carboxylic acids is 1. The number of pyridine rings is 1. The van der Waals surface area contributed by atoms with Gasteiger partial charge in [0, 0.05) is 43.8 Å². The number of likely N-dealkylation sites (tertiary alicyclic amines) is 1. The number of amides is 1. The highest BCUT2D eigenvalue weighted by molar-refractivity contribution is 5.86. The van der Waals surface area contributed by atoms with Crippen molar-refractivity contribution < 1.29 is 4.79 Å². The molecule has 2 rings (SSSR count). The zero-order valence-corrected chi connectivity index (χ0v) is 16.6. The van der Waals surface area contributed by atoms with Crippen LogP contribution in [0.2, 0.25) is 0 Å². The largest absolute Gasteiger partial charge is 0.353 e. The van der Waals surface area contributed by atoms with Crippen molar-refractivity contribution in [2.45, 2.75) is 45.3 Å². The maximum Gasteiger partial charge on any atom is 0.224 e. The third kappa shape index (κ3) is 7.99. The van der Waals surface area contributed by atoms with Gasteiger partial charge in [0.2, 0.25) is 5.91 Å². The average molecular weight is 400 g/mol. The van der Waals surface area contributed by atoms with Gasteiger partial charge in [0.05, 0.1) is 5.69 Å². The number of rotatable bonds is 5. The van der Waals surface area contributed by atoms with Crippen LogP contribution >= 0.6 is 37.2 Å². The van der Waals surface area contributed by atoms with Crippen molar-refractivity contribution in [2.24, 2.45) is 11.7 Å². The number of carbonyl (C=O) groups is 1. The molecule has 5 nitrogen and oxygen atoms in total. The first-order chi connectivity index (χ1) is 10.1. The zero-order chi connectivity index (χ0) is 15.2. The first-order valence-corrected chi connectivity index (χ1v) is 7.74. The number of nitrogens with two attached hydrogens (primary N) is 1. The van der Waals surface area contributed by atoms with E-state index in [0.717, 1.165) is 38.2 Å². The van der Waals surface area contributed by atoms with E-state index < -0.39 is 0 Å². The van der Waals surface area contributed by atoms with E-state index in [2.05, 4.69) is 21.3 Å². The van der Waals surface area contributed by atoms with Gasteiger partial charge in [-0.1, -0.05) is 13.0 Å². The van der Waals surface area contributed by atoms with E-state index in [4.69, 9.17) is 5.73 Å². The van der Waals surface area contributed by atoms with Gasteiger partial charge in [0.15, 0.2) is 0 Å². The van der Waals surface area contributed by atoms with Crippen LogP contribution in [0.4, 0.5) is 0 Å². The maximum absolute atomic E-state index is 12.0. The highest BCUT2D eigenvalue weighted by Gasteiger charge is 2.24. The monoisotopic (exact) mass is 398 g/mol. The van der Waals surface area contributed by atoms with Crippen molar-refractivity contribution in [3.05, 3.63) is 30.1 Å². The fourth-order valence-electron chi connectivity index (χ4n) is 2.53. The van der Waals surface area contributed by atoms with Crippen LogP contribution in [0.15, 0.2) is 24.4 Å². The molecule has 0 aromatic carbocycles. The van der Waals surface area contributed by atoms with Crippen LogP contribution in [0.25, 0.3) is 0 Å². The Morgan fingerprint density at radius 3 is 2.42 bits per heavy atom. The Balaban J connectivity index is 0. The molecule has 0 bridgehead atoms. The lowest BCUT2D eigenvalue weighted by Gasteiger charge is -2.32. The lowest BCUT2D eigenvalue weighted by molar-refractivity contribution is -0.126. The lowest BCUT2D eigenvalue weighted by atomic mass is 10.0. The van der Waals surface area contributed by atoms with Gasteiger partial charge in [-0.05, 0) is 31.9 Å². The first kappa shape index (κ1) is 25.6. The van der Waals surface area contributed by atoms with Gasteiger partial charge in [-0.15, -0.1) is 37.2 Å². The summed E-state index contributed by atoms with van der Waals surface area (Å²) in [6.45, 7) is 6.63. The summed E-state index contributed by atoms with van der Waals surface area (Å²) in [5.41, 5.74) is 6.88. The van der Waals surface area contributed by atoms with Crippen molar-refractivity contribution in [1.82, 2.24) is 15.2 Å². The van der Waals surface area contributed by atoms with E-state index >= 15 is 0 Å². The standard InChI is InChI=1S/C16H26N4O.3ClH/c1-12(13(2)17)16(21)19-14-6-9-20(10-7-14)11-15-5-3-4-8-18-15;;;/h3-5,8,12-14H,6-7,9-11,17H2,1-2H3,(H,19,21);3*1H. The van der Waals surface area contributed by atoms with Gasteiger partial charge >= 0.3 is 0 Å². The van der Waals surface area contributed by atoms with E-state index in [0.29, 0.717) is 0 Å². The summed E-state index contributed by atoms with van der Waals surface area (Å²) in [5, 5.41) is 3.12. The molecular weight excluding hydrogens is 371 g/mol. The molecule has 24 heavy (non-hydrogen) atoms. The van der Waals surface area contributed by atoms with Crippen LogP contribution in [0.3, 0.4) is 0 Å². The van der Waals surface area contributed by atoms with Gasteiger partial charge in [-0.25, -0.2) is 0 Å². The predicted molar refractivity (Wildman–Crippen MR) is 105 cm³/mol. The van der Waals surface area contributed by atoms with Crippen molar-refractivity contribution in [1.29, 1.82) is 0 Å². The Morgan fingerprint density at radius 1 is 1.29 bits per heavy atom. The Kier molecular flexibility index (Phi) is 13.6. The van der Waals surface area contributed by atoms with E-state index in [1.165, 1.54) is 0 Å². The minimum Gasteiger partial charge on any atom is -0.353 e. The quantitative estimate of drug-likeness (QED) is 0.797. The molecule has 1 aliphatic heterocycles. The Morgan fingerprint density at radius 2 is 1.92 bits per heavy atom. The molecule has 2 atom stereocenters. The van der Waals surface area contributed by atoms with Crippen LogP contribution in [0.1, 0.15) is 32.4 Å². The average Bonchev–Trinajstić information content (AvgIpc) is 2.49. The molecular formula is C16H29Cl3N4O. The van der Waals surface area contributed by atoms with Crippen molar-refractivity contribution >= 4 is 43.1 Å². The molecule has 0 saturated carbocycles. The number of nitrogens with one attached hydrogen (secondary N) is 1. The summed E-state index contributed by atoms with van der Waals surface area (Å²) in [5.74, 6) is -0.0512. The molecule has 0 radical (unpaired) electrons. The van der Waals surface area contributed by atoms with Crippen LogP contribution in [-0.2, 0) is 11.3 Å². The summed E-state index contributed by atoms with van der Waals surface area (Å²) < 4.78 is 0. The highest BCUT2D eigenvalue weighted by atomic mass is 35.5. The van der Waals surface area contributed by atoms with Crippen LogP contribution in [0, 0.1) is 5.92 Å². The second-order valence-corrected chi connectivity index (χ2v) is 6.03. The van der Waals surface area contributed by atoms with Crippen LogP contribution in [0.5, 0.6) is 0 Å². The SMILES string of the molecule is CC(N)C(C)C(=O)NC1CCN(Cc2ccccn2)CC1.Cl.Cl.Cl. The molecule has 1 aromatic rings. The predicted octanol–water partition coefficient (Wildman–Crippen LogP) is 2.41. The summed E-state index contributed by atoms with van der Waals surface area (Å²) in [6.07, 6.45) is 3.81. The molecule has 1 aromatic heterocycles. The van der Waals surface area contributed by atoms with Gasteiger partial charge in [0.1, 0.15) is 0 Å². The number of piperidine rings is 1. The van der Waals surface area contributed by atoms with Gasteiger partial charge < -0.3 is 11.1 Å². The molecule has 1 amide bonds. The molecule has 0 spiro atoms. The molecule has 3 N–H and O–H groups in total. The third-order valence-electron chi connectivity index (χ3n) is 4.25. The van der Waals surface area contributed by atoms with Crippen molar-refractivity contribution in [2.75, 3.05) is 13.1 Å². The second kappa shape index (κ2) is 12.7.